The lowest BCUT2D eigenvalue weighted by Crippen LogP contribution is -2.19. The van der Waals surface area contributed by atoms with Crippen LogP contribution in [-0.2, 0) is 17.6 Å². The topological polar surface area (TPSA) is 59.9 Å². The Hall–Kier alpha value is -2.01. The first-order valence-electron chi connectivity index (χ1n) is 8.43. The smallest absolute Gasteiger partial charge is 0.161 e. The van der Waals surface area contributed by atoms with Crippen molar-refractivity contribution in [1.82, 2.24) is 15.0 Å². The van der Waals surface area contributed by atoms with Crippen molar-refractivity contribution in [3.05, 3.63) is 35.8 Å². The van der Waals surface area contributed by atoms with Crippen LogP contribution in [0.4, 0.5) is 5.82 Å². The van der Waals surface area contributed by atoms with Crippen LogP contribution in [0, 0.1) is 0 Å². The van der Waals surface area contributed by atoms with Crippen molar-refractivity contribution < 1.29 is 4.74 Å². The van der Waals surface area contributed by atoms with Crippen LogP contribution in [-0.4, -0.2) is 34.2 Å². The molecule has 0 bridgehead atoms. The van der Waals surface area contributed by atoms with E-state index < -0.39 is 0 Å². The van der Waals surface area contributed by atoms with Crippen molar-refractivity contribution in [1.29, 1.82) is 0 Å². The molecule has 23 heavy (non-hydrogen) atoms. The highest BCUT2D eigenvalue weighted by molar-refractivity contribution is 5.60. The zero-order chi connectivity index (χ0) is 15.6. The Labute approximate surface area is 136 Å². The molecule has 0 amide bonds. The first kappa shape index (κ1) is 14.6. The second-order valence-corrected chi connectivity index (χ2v) is 6.42. The number of nitrogens with one attached hydrogen (secondary N) is 1. The maximum atomic E-state index is 5.49. The van der Waals surface area contributed by atoms with Gasteiger partial charge in [-0.15, -0.1) is 0 Å². The number of fused-ring (bicyclic) bond motifs is 1. The molecular weight excluding hydrogens is 288 g/mol. The zero-order valence-electron chi connectivity index (χ0n) is 13.5. The summed E-state index contributed by atoms with van der Waals surface area (Å²) in [5.74, 6) is 1.83. The predicted molar refractivity (Wildman–Crippen MR) is 89.3 cm³/mol. The third kappa shape index (κ3) is 2.93. The fourth-order valence-electron chi connectivity index (χ4n) is 3.66. The number of hydrogen-bond donors (Lipinski definition) is 1. The van der Waals surface area contributed by atoms with E-state index in [2.05, 4.69) is 10.3 Å². The van der Waals surface area contributed by atoms with Crippen LogP contribution in [0.1, 0.15) is 36.9 Å². The molecule has 1 N–H and O–H groups in total. The van der Waals surface area contributed by atoms with E-state index in [-0.39, 0.29) is 0 Å². The number of methoxy groups -OCH3 is 1. The standard InChI is InChI=1S/C18H22N4O/c1-23-14-6-5-13(11-14)20-18-15-3-2-4-16(15)21-17(22-18)12-7-9-19-10-8-12/h7-10,13-14H,2-6,11H2,1H3,(H,20,21,22). The molecule has 2 aliphatic rings. The molecule has 0 aromatic carbocycles. The molecule has 0 spiro atoms. The second-order valence-electron chi connectivity index (χ2n) is 6.42. The number of anilines is 1. The van der Waals surface area contributed by atoms with Gasteiger partial charge in [0.05, 0.1) is 6.10 Å². The van der Waals surface area contributed by atoms with Crippen molar-refractivity contribution >= 4 is 5.82 Å². The highest BCUT2D eigenvalue weighted by Gasteiger charge is 2.27. The largest absolute Gasteiger partial charge is 0.381 e. The van der Waals surface area contributed by atoms with Gasteiger partial charge in [-0.05, 0) is 50.7 Å². The number of hydrogen-bond acceptors (Lipinski definition) is 5. The minimum absolute atomic E-state index is 0.377. The lowest BCUT2D eigenvalue weighted by atomic mass is 10.2. The molecule has 2 aromatic rings. The Kier molecular flexibility index (Phi) is 3.95. The van der Waals surface area contributed by atoms with Crippen LogP contribution in [0.3, 0.4) is 0 Å². The van der Waals surface area contributed by atoms with E-state index in [4.69, 9.17) is 14.7 Å². The van der Waals surface area contributed by atoms with E-state index in [1.165, 1.54) is 17.7 Å². The Morgan fingerprint density at radius 3 is 2.78 bits per heavy atom. The Morgan fingerprint density at radius 1 is 1.13 bits per heavy atom. The summed E-state index contributed by atoms with van der Waals surface area (Å²) in [7, 11) is 1.80. The molecule has 2 aliphatic carbocycles. The van der Waals surface area contributed by atoms with Gasteiger partial charge in [-0.25, -0.2) is 9.97 Å². The second kappa shape index (κ2) is 6.24. The van der Waals surface area contributed by atoms with Crippen LogP contribution in [0.5, 0.6) is 0 Å². The molecule has 5 heteroatoms. The van der Waals surface area contributed by atoms with Crippen molar-refractivity contribution in [2.75, 3.05) is 12.4 Å². The summed E-state index contributed by atoms with van der Waals surface area (Å²) in [5.41, 5.74) is 3.54. The molecule has 2 atom stereocenters. The van der Waals surface area contributed by atoms with Gasteiger partial charge >= 0.3 is 0 Å². The highest BCUT2D eigenvalue weighted by atomic mass is 16.5. The molecule has 4 rings (SSSR count). The summed E-state index contributed by atoms with van der Waals surface area (Å²) in [6, 6.07) is 4.39. The Bertz CT molecular complexity index is 689. The summed E-state index contributed by atoms with van der Waals surface area (Å²) in [6.45, 7) is 0. The minimum atomic E-state index is 0.377. The predicted octanol–water partition coefficient (Wildman–Crippen LogP) is 3.01. The summed E-state index contributed by atoms with van der Waals surface area (Å²) < 4.78 is 5.49. The summed E-state index contributed by atoms with van der Waals surface area (Å²) in [4.78, 5) is 13.7. The van der Waals surface area contributed by atoms with Crippen molar-refractivity contribution in [3.63, 3.8) is 0 Å². The number of pyridine rings is 1. The van der Waals surface area contributed by atoms with Gasteiger partial charge in [0.25, 0.3) is 0 Å². The van der Waals surface area contributed by atoms with Gasteiger partial charge in [-0.1, -0.05) is 0 Å². The maximum Gasteiger partial charge on any atom is 0.161 e. The third-order valence-electron chi connectivity index (χ3n) is 4.93. The molecule has 0 saturated heterocycles. The number of ether oxygens (including phenoxy) is 1. The van der Waals surface area contributed by atoms with Crippen molar-refractivity contribution in [3.8, 4) is 11.4 Å². The Morgan fingerprint density at radius 2 is 2.00 bits per heavy atom. The monoisotopic (exact) mass is 310 g/mol. The van der Waals surface area contributed by atoms with Gasteiger partial charge in [0.15, 0.2) is 5.82 Å². The van der Waals surface area contributed by atoms with Gasteiger partial charge in [0, 0.05) is 42.4 Å². The minimum Gasteiger partial charge on any atom is -0.381 e. The van der Waals surface area contributed by atoms with Gasteiger partial charge in [-0.2, -0.15) is 0 Å². The van der Waals surface area contributed by atoms with Gasteiger partial charge in [-0.3, -0.25) is 4.98 Å². The average Bonchev–Trinajstić information content (AvgIpc) is 3.24. The average molecular weight is 310 g/mol. The third-order valence-corrected chi connectivity index (χ3v) is 4.93. The van der Waals surface area contributed by atoms with E-state index in [0.717, 1.165) is 49.3 Å². The summed E-state index contributed by atoms with van der Waals surface area (Å²) >= 11 is 0. The van der Waals surface area contributed by atoms with Gasteiger partial charge in [0.2, 0.25) is 0 Å². The molecule has 2 heterocycles. The summed E-state index contributed by atoms with van der Waals surface area (Å²) in [6.07, 6.45) is 10.6. The molecule has 2 unspecified atom stereocenters. The fourth-order valence-corrected chi connectivity index (χ4v) is 3.66. The first-order chi connectivity index (χ1) is 11.3. The Balaban J connectivity index is 1.64. The summed E-state index contributed by atoms with van der Waals surface area (Å²) in [5, 5.41) is 3.67. The maximum absolute atomic E-state index is 5.49. The molecule has 120 valence electrons. The number of aryl methyl sites for hydroxylation is 1. The fraction of sp³-hybridized carbons (Fsp3) is 0.500. The number of rotatable bonds is 4. The quantitative estimate of drug-likeness (QED) is 0.940. The molecular formula is C18H22N4O. The van der Waals surface area contributed by atoms with Crippen molar-refractivity contribution in [2.24, 2.45) is 0 Å². The van der Waals surface area contributed by atoms with E-state index >= 15 is 0 Å². The molecule has 1 fully saturated rings. The highest BCUT2D eigenvalue weighted by Crippen LogP contribution is 2.32. The normalized spacial score (nSPS) is 23.0. The van der Waals surface area contributed by atoms with Gasteiger partial charge < -0.3 is 10.1 Å². The van der Waals surface area contributed by atoms with E-state index in [9.17, 15) is 0 Å². The van der Waals surface area contributed by atoms with E-state index in [1.54, 1.807) is 19.5 Å². The van der Waals surface area contributed by atoms with Gasteiger partial charge in [0.1, 0.15) is 5.82 Å². The SMILES string of the molecule is COC1CCC(Nc2nc(-c3ccncc3)nc3c2CCC3)C1. The molecule has 0 radical (unpaired) electrons. The van der Waals surface area contributed by atoms with Crippen LogP contribution in [0.25, 0.3) is 11.4 Å². The molecule has 0 aliphatic heterocycles. The number of aromatic nitrogens is 3. The lowest BCUT2D eigenvalue weighted by Gasteiger charge is -2.17. The molecule has 5 nitrogen and oxygen atoms in total. The van der Waals surface area contributed by atoms with E-state index in [0.29, 0.717) is 12.1 Å². The first-order valence-corrected chi connectivity index (χ1v) is 8.43. The number of nitrogens with zero attached hydrogens (tertiary/aromatic N) is 3. The van der Waals surface area contributed by atoms with Crippen LogP contribution < -0.4 is 5.32 Å². The van der Waals surface area contributed by atoms with Crippen LogP contribution in [0.2, 0.25) is 0 Å². The van der Waals surface area contributed by atoms with Crippen LogP contribution >= 0.6 is 0 Å². The van der Waals surface area contributed by atoms with Crippen LogP contribution in [0.15, 0.2) is 24.5 Å². The lowest BCUT2D eigenvalue weighted by molar-refractivity contribution is 0.108. The van der Waals surface area contributed by atoms with E-state index in [1.807, 2.05) is 12.1 Å². The molecule has 1 saturated carbocycles. The van der Waals surface area contributed by atoms with Crippen molar-refractivity contribution in [2.45, 2.75) is 50.7 Å². The molecule has 2 aromatic heterocycles. The zero-order valence-corrected chi connectivity index (χ0v) is 13.5.